The molecule has 2 aromatic rings. The number of non-ortho nitro benzene ring substituents is 2. The molecule has 0 bridgehead atoms. The molecule has 0 aliphatic heterocycles. The van der Waals surface area contributed by atoms with Crippen LogP contribution in [0.2, 0.25) is 0 Å². The molecule has 25 heavy (non-hydrogen) atoms. The molecule has 7 heteroatoms. The largest absolute Gasteiger partial charge is 0.455 e. The van der Waals surface area contributed by atoms with Gasteiger partial charge in [-0.25, -0.2) is 0 Å². The van der Waals surface area contributed by atoms with E-state index in [4.69, 9.17) is 4.74 Å². The van der Waals surface area contributed by atoms with E-state index in [0.29, 0.717) is 22.6 Å². The summed E-state index contributed by atoms with van der Waals surface area (Å²) in [7, 11) is 0. The zero-order chi connectivity index (χ0) is 18.4. The Hall–Kier alpha value is -3.84. The fourth-order valence-electron chi connectivity index (χ4n) is 2.02. The highest BCUT2D eigenvalue weighted by atomic mass is 16.6. The molecule has 0 atom stereocenters. The van der Waals surface area contributed by atoms with E-state index in [1.807, 2.05) is 0 Å². The van der Waals surface area contributed by atoms with E-state index >= 15 is 0 Å². The third-order valence-electron chi connectivity index (χ3n) is 3.09. The SMILES string of the molecule is CC#Cc1cc([N+](=O)[O-])ccc1Oc1ccc([N+](=O)[O-])cc1C#CC. The molecule has 2 rings (SSSR count). The van der Waals surface area contributed by atoms with Gasteiger partial charge in [-0.05, 0) is 26.0 Å². The van der Waals surface area contributed by atoms with Crippen LogP contribution in [-0.2, 0) is 0 Å². The van der Waals surface area contributed by atoms with Crippen LogP contribution in [0.3, 0.4) is 0 Å². The molecule has 0 unspecified atom stereocenters. The Morgan fingerprint density at radius 2 is 1.20 bits per heavy atom. The standard InChI is InChI=1S/C18H12N2O5/c1-3-5-13-11-15(19(21)22)7-9-17(13)25-18-10-8-16(20(23)24)12-14(18)6-4-2/h7-12H,1-2H3. The zero-order valence-corrected chi connectivity index (χ0v) is 13.4. The van der Waals surface area contributed by atoms with Gasteiger partial charge in [0, 0.05) is 24.3 Å². The fourth-order valence-corrected chi connectivity index (χ4v) is 2.02. The summed E-state index contributed by atoms with van der Waals surface area (Å²) in [5.41, 5.74) is 0.459. The highest BCUT2D eigenvalue weighted by molar-refractivity contribution is 5.57. The second-order valence-corrected chi connectivity index (χ2v) is 4.73. The van der Waals surface area contributed by atoms with E-state index in [-0.39, 0.29) is 11.4 Å². The van der Waals surface area contributed by atoms with Gasteiger partial charge in [0.05, 0.1) is 21.0 Å². The molecule has 2 aromatic carbocycles. The van der Waals surface area contributed by atoms with Gasteiger partial charge in [-0.2, -0.15) is 0 Å². The predicted molar refractivity (Wildman–Crippen MR) is 91.4 cm³/mol. The fraction of sp³-hybridized carbons (Fsp3) is 0.111. The average Bonchev–Trinajstić information content (AvgIpc) is 2.58. The molecule has 0 N–H and O–H groups in total. The summed E-state index contributed by atoms with van der Waals surface area (Å²) in [4.78, 5) is 20.8. The van der Waals surface area contributed by atoms with Crippen LogP contribution in [0.25, 0.3) is 0 Å². The molecule has 0 aliphatic carbocycles. The van der Waals surface area contributed by atoms with Crippen LogP contribution in [-0.4, -0.2) is 9.85 Å². The van der Waals surface area contributed by atoms with Crippen LogP contribution in [0, 0.1) is 43.9 Å². The van der Waals surface area contributed by atoms with Crippen molar-refractivity contribution in [2.75, 3.05) is 0 Å². The van der Waals surface area contributed by atoms with Gasteiger partial charge in [-0.1, -0.05) is 11.8 Å². The van der Waals surface area contributed by atoms with Crippen molar-refractivity contribution in [2.45, 2.75) is 13.8 Å². The second-order valence-electron chi connectivity index (χ2n) is 4.73. The van der Waals surface area contributed by atoms with Gasteiger partial charge in [-0.15, -0.1) is 11.8 Å². The quantitative estimate of drug-likeness (QED) is 0.477. The first-order valence-electron chi connectivity index (χ1n) is 7.06. The third-order valence-corrected chi connectivity index (χ3v) is 3.09. The Labute approximate surface area is 143 Å². The van der Waals surface area contributed by atoms with Gasteiger partial charge >= 0.3 is 0 Å². The van der Waals surface area contributed by atoms with E-state index < -0.39 is 9.85 Å². The first-order chi connectivity index (χ1) is 12.0. The lowest BCUT2D eigenvalue weighted by Crippen LogP contribution is -1.95. The van der Waals surface area contributed by atoms with Crippen molar-refractivity contribution in [3.63, 3.8) is 0 Å². The molecule has 0 fully saturated rings. The van der Waals surface area contributed by atoms with Crippen LogP contribution in [0.1, 0.15) is 25.0 Å². The van der Waals surface area contributed by atoms with Gasteiger partial charge in [0.15, 0.2) is 0 Å². The molecule has 0 saturated heterocycles. The average molecular weight is 336 g/mol. The van der Waals surface area contributed by atoms with E-state index in [1.165, 1.54) is 36.4 Å². The lowest BCUT2D eigenvalue weighted by molar-refractivity contribution is -0.385. The predicted octanol–water partition coefficient (Wildman–Crippen LogP) is 4.04. The number of ether oxygens (including phenoxy) is 1. The van der Waals surface area contributed by atoms with Crippen molar-refractivity contribution < 1.29 is 14.6 Å². The number of hydrogen-bond acceptors (Lipinski definition) is 5. The third kappa shape index (κ3) is 4.12. The van der Waals surface area contributed by atoms with Crippen LogP contribution < -0.4 is 4.74 Å². The minimum atomic E-state index is -0.523. The maximum Gasteiger partial charge on any atom is 0.270 e. The number of nitro groups is 2. The molecule has 0 heterocycles. The maximum absolute atomic E-state index is 10.9. The normalized spacial score (nSPS) is 9.20. The molecule has 0 saturated carbocycles. The van der Waals surface area contributed by atoms with Gasteiger partial charge in [0.1, 0.15) is 11.5 Å². The molecule has 0 amide bonds. The number of benzene rings is 2. The molecule has 0 aromatic heterocycles. The van der Waals surface area contributed by atoms with Crippen molar-refractivity contribution in [1.82, 2.24) is 0 Å². The summed E-state index contributed by atoms with van der Waals surface area (Å²) in [5, 5.41) is 21.8. The molecule has 0 aliphatic rings. The van der Waals surface area contributed by atoms with Gasteiger partial charge in [-0.3, -0.25) is 20.2 Å². The van der Waals surface area contributed by atoms with Gasteiger partial charge < -0.3 is 4.74 Å². The molecule has 124 valence electrons. The Balaban J connectivity index is 2.51. The monoisotopic (exact) mass is 336 g/mol. The molecule has 0 spiro atoms. The van der Waals surface area contributed by atoms with Crippen LogP contribution in [0.4, 0.5) is 11.4 Å². The number of rotatable bonds is 4. The second kappa shape index (κ2) is 7.62. The Morgan fingerprint density at radius 1 is 0.800 bits per heavy atom. The van der Waals surface area contributed by atoms with Gasteiger partial charge in [0.2, 0.25) is 0 Å². The topological polar surface area (TPSA) is 95.5 Å². The Kier molecular flexibility index (Phi) is 5.34. The highest BCUT2D eigenvalue weighted by Gasteiger charge is 2.15. The van der Waals surface area contributed by atoms with E-state index in [9.17, 15) is 20.2 Å². The van der Waals surface area contributed by atoms with Crippen LogP contribution in [0.5, 0.6) is 11.5 Å². The Bertz CT molecular complexity index is 895. The van der Waals surface area contributed by atoms with Crippen molar-refractivity contribution in [2.24, 2.45) is 0 Å². The first kappa shape index (κ1) is 17.5. The van der Waals surface area contributed by atoms with E-state index in [0.717, 1.165) is 0 Å². The number of nitro benzene ring substituents is 2. The van der Waals surface area contributed by atoms with Crippen molar-refractivity contribution in [3.8, 4) is 35.2 Å². The van der Waals surface area contributed by atoms with Crippen molar-refractivity contribution in [3.05, 3.63) is 67.8 Å². The zero-order valence-electron chi connectivity index (χ0n) is 13.4. The first-order valence-corrected chi connectivity index (χ1v) is 7.06. The minimum Gasteiger partial charge on any atom is -0.455 e. The minimum absolute atomic E-state index is 0.109. The van der Waals surface area contributed by atoms with Gasteiger partial charge in [0.25, 0.3) is 11.4 Å². The van der Waals surface area contributed by atoms with Crippen molar-refractivity contribution >= 4 is 11.4 Å². The molecule has 7 nitrogen and oxygen atoms in total. The van der Waals surface area contributed by atoms with Crippen LogP contribution >= 0.6 is 0 Å². The summed E-state index contributed by atoms with van der Waals surface area (Å²) in [5.74, 6) is 11.4. The van der Waals surface area contributed by atoms with Crippen molar-refractivity contribution in [1.29, 1.82) is 0 Å². The highest BCUT2D eigenvalue weighted by Crippen LogP contribution is 2.32. The summed E-state index contributed by atoms with van der Waals surface area (Å²) in [6.45, 7) is 3.20. The lowest BCUT2D eigenvalue weighted by atomic mass is 10.1. The maximum atomic E-state index is 10.9. The molecule has 0 radical (unpaired) electrons. The Morgan fingerprint density at radius 3 is 1.52 bits per heavy atom. The van der Waals surface area contributed by atoms with Crippen LogP contribution in [0.15, 0.2) is 36.4 Å². The summed E-state index contributed by atoms with van der Waals surface area (Å²) < 4.78 is 5.77. The number of hydrogen-bond donors (Lipinski definition) is 0. The summed E-state index contributed by atoms with van der Waals surface area (Å²) in [6.07, 6.45) is 0. The molecular weight excluding hydrogens is 324 g/mol. The van der Waals surface area contributed by atoms with E-state index in [2.05, 4.69) is 23.7 Å². The summed E-state index contributed by atoms with van der Waals surface area (Å²) in [6, 6.07) is 8.08. The summed E-state index contributed by atoms with van der Waals surface area (Å²) >= 11 is 0. The van der Waals surface area contributed by atoms with E-state index in [1.54, 1.807) is 13.8 Å². The lowest BCUT2D eigenvalue weighted by Gasteiger charge is -2.10. The molecular formula is C18H12N2O5. The smallest absolute Gasteiger partial charge is 0.270 e. The number of nitrogens with zero attached hydrogens (tertiary/aromatic N) is 2.